The summed E-state index contributed by atoms with van der Waals surface area (Å²) in [4.78, 5) is 14.0. The highest BCUT2D eigenvalue weighted by atomic mass is 16.7. The summed E-state index contributed by atoms with van der Waals surface area (Å²) < 4.78 is 11.3. The molecule has 4 heteroatoms. The van der Waals surface area contributed by atoms with E-state index in [2.05, 4.69) is 0 Å². The van der Waals surface area contributed by atoms with Gasteiger partial charge in [0.1, 0.15) is 0 Å². The molecule has 90 valence electrons. The van der Waals surface area contributed by atoms with E-state index < -0.39 is 5.79 Å². The normalized spacial score (nSPS) is 21.4. The highest BCUT2D eigenvalue weighted by Crippen LogP contribution is 2.47. The predicted octanol–water partition coefficient (Wildman–Crippen LogP) is 1.48. The number of hydrogen-bond donors (Lipinski definition) is 0. The first-order valence-electron chi connectivity index (χ1n) is 5.74. The Morgan fingerprint density at radius 2 is 1.76 bits per heavy atom. The molecule has 2 aliphatic heterocycles. The van der Waals surface area contributed by atoms with Gasteiger partial charge >= 0.3 is 0 Å². The van der Waals surface area contributed by atoms with E-state index in [9.17, 15) is 4.79 Å². The largest absolute Gasteiger partial charge is 0.336 e. The van der Waals surface area contributed by atoms with Gasteiger partial charge < -0.3 is 14.4 Å². The molecular weight excluding hydrogens is 218 g/mol. The number of anilines is 1. The van der Waals surface area contributed by atoms with Crippen molar-refractivity contribution < 1.29 is 14.3 Å². The minimum absolute atomic E-state index is 0.123. The van der Waals surface area contributed by atoms with Crippen LogP contribution in [0.2, 0.25) is 0 Å². The van der Waals surface area contributed by atoms with Crippen LogP contribution in [0, 0.1) is 13.8 Å². The van der Waals surface area contributed by atoms with Crippen molar-refractivity contribution in [1.29, 1.82) is 0 Å². The molecule has 0 aromatic heterocycles. The van der Waals surface area contributed by atoms with E-state index in [0.29, 0.717) is 13.2 Å². The molecule has 1 aromatic carbocycles. The lowest BCUT2D eigenvalue weighted by atomic mass is 9.98. The molecule has 0 radical (unpaired) electrons. The van der Waals surface area contributed by atoms with Crippen LogP contribution in [0.4, 0.5) is 5.69 Å². The Hall–Kier alpha value is -1.39. The van der Waals surface area contributed by atoms with Gasteiger partial charge in [-0.2, -0.15) is 0 Å². The van der Waals surface area contributed by atoms with Crippen LogP contribution in [0.25, 0.3) is 0 Å². The summed E-state index contributed by atoms with van der Waals surface area (Å²) in [5.41, 5.74) is 3.90. The smallest absolute Gasteiger partial charge is 0.292 e. The molecule has 1 saturated heterocycles. The second kappa shape index (κ2) is 3.31. The molecule has 2 aliphatic rings. The van der Waals surface area contributed by atoms with Crippen LogP contribution < -0.4 is 4.90 Å². The number of rotatable bonds is 0. The standard InChI is InChI=1S/C13H15NO3/c1-8-4-5-9(2)11-10(8)13(12(15)14(11)3)16-6-7-17-13/h4-5H,6-7H2,1-3H3. The lowest BCUT2D eigenvalue weighted by Crippen LogP contribution is -2.39. The lowest BCUT2D eigenvalue weighted by Gasteiger charge is -2.21. The molecule has 2 heterocycles. The fourth-order valence-electron chi connectivity index (χ4n) is 2.75. The fourth-order valence-corrected chi connectivity index (χ4v) is 2.75. The third kappa shape index (κ3) is 1.17. The maximum Gasteiger partial charge on any atom is 0.292 e. The molecule has 1 spiro atoms. The number of carbonyl (C=O) groups is 1. The van der Waals surface area contributed by atoms with Crippen LogP contribution in [-0.2, 0) is 20.1 Å². The molecule has 4 nitrogen and oxygen atoms in total. The van der Waals surface area contributed by atoms with Crippen molar-refractivity contribution in [3.05, 3.63) is 28.8 Å². The van der Waals surface area contributed by atoms with E-state index in [1.807, 2.05) is 26.0 Å². The highest BCUT2D eigenvalue weighted by Gasteiger charge is 2.56. The molecule has 1 amide bonds. The maximum absolute atomic E-state index is 12.4. The average Bonchev–Trinajstić information content (AvgIpc) is 2.86. The molecule has 0 bridgehead atoms. The molecule has 0 N–H and O–H groups in total. The van der Waals surface area contributed by atoms with E-state index in [0.717, 1.165) is 22.4 Å². The van der Waals surface area contributed by atoms with Gasteiger partial charge in [-0.1, -0.05) is 12.1 Å². The number of fused-ring (bicyclic) bond motifs is 2. The number of likely N-dealkylation sites (N-methyl/N-ethyl adjacent to an activating group) is 1. The van der Waals surface area contributed by atoms with Gasteiger partial charge in [0.05, 0.1) is 18.9 Å². The minimum atomic E-state index is -1.18. The monoisotopic (exact) mass is 233 g/mol. The molecule has 0 saturated carbocycles. The molecule has 0 aliphatic carbocycles. The van der Waals surface area contributed by atoms with Crippen LogP contribution >= 0.6 is 0 Å². The van der Waals surface area contributed by atoms with Gasteiger partial charge in [0.15, 0.2) is 0 Å². The van der Waals surface area contributed by atoms with Gasteiger partial charge in [0, 0.05) is 12.6 Å². The van der Waals surface area contributed by atoms with Gasteiger partial charge in [-0.3, -0.25) is 4.79 Å². The summed E-state index contributed by atoms with van der Waals surface area (Å²) >= 11 is 0. The Morgan fingerprint density at radius 1 is 1.18 bits per heavy atom. The van der Waals surface area contributed by atoms with Crippen molar-refractivity contribution in [2.75, 3.05) is 25.2 Å². The summed E-state index contributed by atoms with van der Waals surface area (Å²) in [5, 5.41) is 0. The van der Waals surface area contributed by atoms with E-state index in [4.69, 9.17) is 9.47 Å². The van der Waals surface area contributed by atoms with Gasteiger partial charge in [-0.15, -0.1) is 0 Å². The number of aryl methyl sites for hydroxylation is 2. The first kappa shape index (κ1) is 10.7. The number of amides is 1. The van der Waals surface area contributed by atoms with E-state index in [1.165, 1.54) is 0 Å². The third-order valence-corrected chi connectivity index (χ3v) is 3.53. The molecule has 0 atom stereocenters. The van der Waals surface area contributed by atoms with Crippen molar-refractivity contribution in [1.82, 2.24) is 0 Å². The summed E-state index contributed by atoms with van der Waals surface area (Å²) in [6.07, 6.45) is 0. The van der Waals surface area contributed by atoms with E-state index in [-0.39, 0.29) is 5.91 Å². The number of nitrogens with zero attached hydrogens (tertiary/aromatic N) is 1. The number of ether oxygens (including phenoxy) is 2. The Bertz CT molecular complexity index is 504. The summed E-state index contributed by atoms with van der Waals surface area (Å²) in [6, 6.07) is 4.03. The van der Waals surface area contributed by atoms with Gasteiger partial charge in [0.2, 0.25) is 0 Å². The molecular formula is C13H15NO3. The zero-order chi connectivity index (χ0) is 12.2. The fraction of sp³-hybridized carbons (Fsp3) is 0.462. The predicted molar refractivity (Wildman–Crippen MR) is 62.9 cm³/mol. The van der Waals surface area contributed by atoms with Crippen molar-refractivity contribution in [3.63, 3.8) is 0 Å². The van der Waals surface area contributed by atoms with Crippen LogP contribution in [0.5, 0.6) is 0 Å². The minimum Gasteiger partial charge on any atom is -0.336 e. The number of benzene rings is 1. The summed E-state index contributed by atoms with van der Waals surface area (Å²) in [5.74, 6) is -1.30. The van der Waals surface area contributed by atoms with Gasteiger partial charge in [-0.05, 0) is 25.0 Å². The first-order chi connectivity index (χ1) is 8.08. The highest BCUT2D eigenvalue weighted by molar-refractivity contribution is 6.07. The maximum atomic E-state index is 12.4. The van der Waals surface area contributed by atoms with E-state index in [1.54, 1.807) is 11.9 Å². The Labute approximate surface area is 100 Å². The third-order valence-electron chi connectivity index (χ3n) is 3.53. The SMILES string of the molecule is Cc1ccc(C)c2c1N(C)C(=O)C21OCCO1. The molecule has 1 aromatic rings. The van der Waals surface area contributed by atoms with Crippen molar-refractivity contribution in [3.8, 4) is 0 Å². The quantitative estimate of drug-likeness (QED) is 0.681. The number of hydrogen-bond acceptors (Lipinski definition) is 3. The van der Waals surface area contributed by atoms with E-state index >= 15 is 0 Å². The van der Waals surface area contributed by atoms with Crippen LogP contribution in [0.3, 0.4) is 0 Å². The first-order valence-corrected chi connectivity index (χ1v) is 5.74. The molecule has 3 rings (SSSR count). The van der Waals surface area contributed by atoms with Crippen LogP contribution in [0.1, 0.15) is 16.7 Å². The lowest BCUT2D eigenvalue weighted by molar-refractivity contribution is -0.180. The van der Waals surface area contributed by atoms with Crippen LogP contribution in [-0.4, -0.2) is 26.2 Å². The topological polar surface area (TPSA) is 38.8 Å². The number of carbonyl (C=O) groups excluding carboxylic acids is 1. The molecule has 17 heavy (non-hydrogen) atoms. The Morgan fingerprint density at radius 3 is 2.41 bits per heavy atom. The molecule has 0 unspecified atom stereocenters. The van der Waals surface area contributed by atoms with Gasteiger partial charge in [-0.25, -0.2) is 0 Å². The molecule has 1 fully saturated rings. The summed E-state index contributed by atoms with van der Waals surface area (Å²) in [7, 11) is 1.77. The Balaban J connectivity index is 2.32. The second-order valence-electron chi connectivity index (χ2n) is 4.60. The van der Waals surface area contributed by atoms with Crippen molar-refractivity contribution in [2.45, 2.75) is 19.6 Å². The zero-order valence-electron chi connectivity index (χ0n) is 10.2. The summed E-state index contributed by atoms with van der Waals surface area (Å²) in [6.45, 7) is 4.91. The average molecular weight is 233 g/mol. The van der Waals surface area contributed by atoms with Crippen LogP contribution in [0.15, 0.2) is 12.1 Å². The Kier molecular flexibility index (Phi) is 2.09. The van der Waals surface area contributed by atoms with Crippen molar-refractivity contribution in [2.24, 2.45) is 0 Å². The zero-order valence-corrected chi connectivity index (χ0v) is 10.2. The van der Waals surface area contributed by atoms with Gasteiger partial charge in [0.25, 0.3) is 11.7 Å². The van der Waals surface area contributed by atoms with Crippen molar-refractivity contribution >= 4 is 11.6 Å². The second-order valence-corrected chi connectivity index (χ2v) is 4.60.